The van der Waals surface area contributed by atoms with Gasteiger partial charge in [-0.2, -0.15) is 13.5 Å². The molecule has 0 spiro atoms. The van der Waals surface area contributed by atoms with Gasteiger partial charge in [-0.15, -0.1) is 0 Å². The number of aryl methyl sites for hydroxylation is 1. The van der Waals surface area contributed by atoms with E-state index in [1.807, 2.05) is 0 Å². The molecule has 0 radical (unpaired) electrons. The highest BCUT2D eigenvalue weighted by Gasteiger charge is 2.22. The average Bonchev–Trinajstić information content (AvgIpc) is 2.77. The Kier molecular flexibility index (Phi) is 4.53. The number of hydrogen-bond acceptors (Lipinski definition) is 4. The van der Waals surface area contributed by atoms with E-state index in [0.717, 1.165) is 5.56 Å². The molecular formula is C13H13ClN4O2S. The van der Waals surface area contributed by atoms with Crippen LogP contribution in [0.1, 0.15) is 5.56 Å². The molecule has 1 aromatic carbocycles. The Hall–Kier alpha value is -2.01. The second-order valence-electron chi connectivity index (χ2n) is 4.11. The Balaban J connectivity index is 2.25. The third-order valence-electron chi connectivity index (χ3n) is 2.57. The van der Waals surface area contributed by atoms with Crippen LogP contribution in [0.2, 0.25) is 5.02 Å². The predicted molar refractivity (Wildman–Crippen MR) is 81.4 cm³/mol. The minimum absolute atomic E-state index is 0.0652. The molecule has 0 fully saturated rings. The number of nitrogens with one attached hydrogen (secondary N) is 1. The average molecular weight is 325 g/mol. The second-order valence-corrected chi connectivity index (χ2v) is 6.11. The van der Waals surface area contributed by atoms with E-state index in [-0.39, 0.29) is 16.6 Å². The minimum atomic E-state index is -3.80. The van der Waals surface area contributed by atoms with Gasteiger partial charge < -0.3 is 5.73 Å². The van der Waals surface area contributed by atoms with E-state index in [0.29, 0.717) is 5.69 Å². The molecule has 0 unspecified atom stereocenters. The number of hydrogen-bond donors (Lipinski definition) is 2. The quantitative estimate of drug-likeness (QED) is 0.830. The van der Waals surface area contributed by atoms with Gasteiger partial charge in [0.2, 0.25) is 0 Å². The fourth-order valence-electron chi connectivity index (χ4n) is 1.68. The number of benzene rings is 1. The minimum Gasteiger partial charge on any atom is -0.320 e. The van der Waals surface area contributed by atoms with E-state index in [2.05, 4.69) is 21.7 Å². The summed E-state index contributed by atoms with van der Waals surface area (Å²) >= 11 is 5.85. The third kappa shape index (κ3) is 3.55. The van der Waals surface area contributed by atoms with Crippen LogP contribution in [-0.2, 0) is 17.1 Å². The largest absolute Gasteiger partial charge is 0.320 e. The molecule has 0 aliphatic carbocycles. The molecule has 0 saturated heterocycles. The molecule has 0 aliphatic rings. The molecule has 110 valence electrons. The molecule has 0 aliphatic heterocycles. The standard InChI is InChI=1S/C13H13ClN4O2S/c1-18-13(12(14)9-16-18)21(19,20)17-11-6-4-10(5-7-11)3-2-8-15/h4-7,9,17H,8,15H2,1H3. The summed E-state index contributed by atoms with van der Waals surface area (Å²) in [5, 5.41) is 3.79. The van der Waals surface area contributed by atoms with Gasteiger partial charge in [-0.05, 0) is 24.3 Å². The van der Waals surface area contributed by atoms with Gasteiger partial charge in [-0.3, -0.25) is 9.40 Å². The molecular weight excluding hydrogens is 312 g/mol. The highest BCUT2D eigenvalue weighted by Crippen LogP contribution is 2.22. The molecule has 8 heteroatoms. The lowest BCUT2D eigenvalue weighted by molar-refractivity contribution is 0.582. The maximum Gasteiger partial charge on any atom is 0.280 e. The van der Waals surface area contributed by atoms with Crippen LogP contribution >= 0.6 is 11.6 Å². The number of nitrogens with two attached hydrogens (primary N) is 1. The molecule has 0 amide bonds. The molecule has 1 aromatic heterocycles. The van der Waals surface area contributed by atoms with Crippen molar-refractivity contribution in [1.29, 1.82) is 0 Å². The molecule has 6 nitrogen and oxygen atoms in total. The van der Waals surface area contributed by atoms with Crippen molar-refractivity contribution < 1.29 is 8.42 Å². The van der Waals surface area contributed by atoms with E-state index < -0.39 is 10.0 Å². The fraction of sp³-hybridized carbons (Fsp3) is 0.154. The van der Waals surface area contributed by atoms with Crippen LogP contribution in [0, 0.1) is 11.8 Å². The lowest BCUT2D eigenvalue weighted by Crippen LogP contribution is -2.17. The van der Waals surface area contributed by atoms with Gasteiger partial charge in [-0.1, -0.05) is 23.4 Å². The summed E-state index contributed by atoms with van der Waals surface area (Å²) in [7, 11) is -2.29. The smallest absolute Gasteiger partial charge is 0.280 e. The normalized spacial score (nSPS) is 10.8. The van der Waals surface area contributed by atoms with E-state index in [1.54, 1.807) is 24.3 Å². The van der Waals surface area contributed by atoms with Crippen LogP contribution < -0.4 is 10.5 Å². The number of rotatable bonds is 3. The first kappa shape index (κ1) is 15.4. The van der Waals surface area contributed by atoms with E-state index in [4.69, 9.17) is 17.3 Å². The summed E-state index contributed by atoms with van der Waals surface area (Å²) < 4.78 is 28.2. The third-order valence-corrected chi connectivity index (χ3v) is 4.46. The van der Waals surface area contributed by atoms with Gasteiger partial charge in [0.05, 0.1) is 17.8 Å². The first-order valence-electron chi connectivity index (χ1n) is 5.93. The summed E-state index contributed by atoms with van der Waals surface area (Å²) in [6, 6.07) is 6.63. The van der Waals surface area contributed by atoms with Gasteiger partial charge in [0.25, 0.3) is 10.0 Å². The predicted octanol–water partition coefficient (Wildman–Crippen LogP) is 1.18. The van der Waals surface area contributed by atoms with Gasteiger partial charge >= 0.3 is 0 Å². The number of anilines is 1. The van der Waals surface area contributed by atoms with Gasteiger partial charge in [0.1, 0.15) is 0 Å². The first-order valence-corrected chi connectivity index (χ1v) is 7.79. The van der Waals surface area contributed by atoms with Crippen molar-refractivity contribution in [1.82, 2.24) is 9.78 Å². The Morgan fingerprint density at radius 1 is 1.38 bits per heavy atom. The summed E-state index contributed by atoms with van der Waals surface area (Å²) in [5.74, 6) is 5.57. The molecule has 0 atom stereocenters. The summed E-state index contributed by atoms with van der Waals surface area (Å²) in [6.07, 6.45) is 1.28. The molecule has 0 bridgehead atoms. The van der Waals surface area contributed by atoms with E-state index >= 15 is 0 Å². The topological polar surface area (TPSA) is 90.0 Å². The summed E-state index contributed by atoms with van der Waals surface area (Å²) in [4.78, 5) is 0. The zero-order chi connectivity index (χ0) is 15.5. The van der Waals surface area contributed by atoms with Crippen LogP contribution in [0.15, 0.2) is 35.5 Å². The van der Waals surface area contributed by atoms with Crippen molar-refractivity contribution >= 4 is 27.3 Å². The zero-order valence-electron chi connectivity index (χ0n) is 11.2. The van der Waals surface area contributed by atoms with Crippen molar-refractivity contribution in [3.8, 4) is 11.8 Å². The summed E-state index contributed by atoms with van der Waals surface area (Å²) in [5.41, 5.74) is 6.45. The van der Waals surface area contributed by atoms with E-state index in [9.17, 15) is 8.42 Å². The second kappa shape index (κ2) is 6.18. The van der Waals surface area contributed by atoms with Crippen LogP contribution in [0.25, 0.3) is 0 Å². The van der Waals surface area contributed by atoms with Crippen molar-refractivity contribution in [3.63, 3.8) is 0 Å². The number of nitrogens with zero attached hydrogens (tertiary/aromatic N) is 2. The van der Waals surface area contributed by atoms with Crippen molar-refractivity contribution in [2.24, 2.45) is 12.8 Å². The maximum absolute atomic E-state index is 12.3. The monoisotopic (exact) mass is 324 g/mol. The van der Waals surface area contributed by atoms with Crippen LogP contribution in [0.4, 0.5) is 5.69 Å². The molecule has 2 aromatic rings. The molecule has 0 saturated carbocycles. The zero-order valence-corrected chi connectivity index (χ0v) is 12.7. The van der Waals surface area contributed by atoms with Gasteiger partial charge in [-0.25, -0.2) is 0 Å². The highest BCUT2D eigenvalue weighted by molar-refractivity contribution is 7.92. The number of aromatic nitrogens is 2. The molecule has 21 heavy (non-hydrogen) atoms. The SMILES string of the molecule is Cn1ncc(Cl)c1S(=O)(=O)Nc1ccc(C#CCN)cc1. The van der Waals surface area contributed by atoms with E-state index in [1.165, 1.54) is 17.9 Å². The summed E-state index contributed by atoms with van der Waals surface area (Å²) in [6.45, 7) is 0.271. The Morgan fingerprint density at radius 2 is 2.05 bits per heavy atom. The molecule has 2 rings (SSSR count). The maximum atomic E-state index is 12.3. The highest BCUT2D eigenvalue weighted by atomic mass is 35.5. The van der Waals surface area contributed by atoms with Crippen LogP contribution in [0.5, 0.6) is 0 Å². The first-order chi connectivity index (χ1) is 9.94. The fourth-order valence-corrected chi connectivity index (χ4v) is 3.40. The molecule has 3 N–H and O–H groups in total. The van der Waals surface area contributed by atoms with Gasteiger partial charge in [0.15, 0.2) is 5.03 Å². The van der Waals surface area contributed by atoms with Crippen molar-refractivity contribution in [2.45, 2.75) is 5.03 Å². The lowest BCUT2D eigenvalue weighted by atomic mass is 10.2. The van der Waals surface area contributed by atoms with Crippen LogP contribution in [-0.4, -0.2) is 24.7 Å². The van der Waals surface area contributed by atoms with Crippen molar-refractivity contribution in [2.75, 3.05) is 11.3 Å². The number of sulfonamides is 1. The molecule has 1 heterocycles. The van der Waals surface area contributed by atoms with Gasteiger partial charge in [0, 0.05) is 18.3 Å². The Morgan fingerprint density at radius 3 is 2.57 bits per heavy atom. The Labute approximate surface area is 128 Å². The number of halogens is 1. The Bertz CT molecular complexity index is 781. The van der Waals surface area contributed by atoms with Crippen molar-refractivity contribution in [3.05, 3.63) is 41.0 Å². The van der Waals surface area contributed by atoms with Crippen LogP contribution in [0.3, 0.4) is 0 Å². The lowest BCUT2D eigenvalue weighted by Gasteiger charge is -2.08.